The first-order valence-corrected chi connectivity index (χ1v) is 5.50. The van der Waals surface area contributed by atoms with E-state index in [1.54, 1.807) is 0 Å². The van der Waals surface area contributed by atoms with E-state index in [4.69, 9.17) is 0 Å². The second kappa shape index (κ2) is 3.37. The zero-order valence-corrected chi connectivity index (χ0v) is 8.34. The maximum Gasteiger partial charge on any atom is 0.00416 e. The van der Waals surface area contributed by atoms with Crippen LogP contribution in [0.5, 0.6) is 0 Å². The molecule has 1 N–H and O–H groups in total. The average Bonchev–Trinajstić information content (AvgIpc) is 2.07. The summed E-state index contributed by atoms with van der Waals surface area (Å²) in [6.45, 7) is 6.07. The molecule has 2 aliphatic rings. The molecule has 2 fully saturated rings. The molecule has 0 bridgehead atoms. The first-order chi connectivity index (χ1) is 5.77. The Labute approximate surface area is 75.9 Å². The Kier molecular flexibility index (Phi) is 2.40. The van der Waals surface area contributed by atoms with Crippen LogP contribution >= 0.6 is 0 Å². The highest BCUT2D eigenvalue weighted by molar-refractivity contribution is 4.88. The minimum Gasteiger partial charge on any atom is -0.314 e. The van der Waals surface area contributed by atoms with Gasteiger partial charge in [-0.1, -0.05) is 19.8 Å². The van der Waals surface area contributed by atoms with Crippen LogP contribution in [-0.2, 0) is 0 Å². The maximum absolute atomic E-state index is 3.60. The lowest BCUT2D eigenvalue weighted by Gasteiger charge is -2.42. The van der Waals surface area contributed by atoms with Gasteiger partial charge in [0.2, 0.25) is 0 Å². The molecule has 0 radical (unpaired) electrons. The van der Waals surface area contributed by atoms with Crippen molar-refractivity contribution in [3.8, 4) is 0 Å². The van der Waals surface area contributed by atoms with Gasteiger partial charge in [0.25, 0.3) is 0 Å². The third-order valence-corrected chi connectivity index (χ3v) is 3.93. The summed E-state index contributed by atoms with van der Waals surface area (Å²) >= 11 is 0. The number of fused-ring (bicyclic) bond motifs is 1. The summed E-state index contributed by atoms with van der Waals surface area (Å²) < 4.78 is 0. The van der Waals surface area contributed by atoms with Crippen LogP contribution < -0.4 is 5.32 Å². The summed E-state index contributed by atoms with van der Waals surface area (Å²) in [5.41, 5.74) is 0. The molecule has 1 aliphatic carbocycles. The monoisotopic (exact) mass is 167 g/mol. The van der Waals surface area contributed by atoms with Crippen molar-refractivity contribution < 1.29 is 0 Å². The summed E-state index contributed by atoms with van der Waals surface area (Å²) in [5, 5.41) is 3.60. The van der Waals surface area contributed by atoms with E-state index in [-0.39, 0.29) is 0 Å². The van der Waals surface area contributed by atoms with Crippen LogP contribution in [0.15, 0.2) is 0 Å². The topological polar surface area (TPSA) is 12.0 Å². The third kappa shape index (κ3) is 1.52. The van der Waals surface area contributed by atoms with E-state index in [9.17, 15) is 0 Å². The van der Waals surface area contributed by atoms with E-state index in [1.165, 1.54) is 32.2 Å². The van der Waals surface area contributed by atoms with Crippen LogP contribution in [0.25, 0.3) is 0 Å². The van der Waals surface area contributed by atoms with Crippen LogP contribution in [0, 0.1) is 17.8 Å². The van der Waals surface area contributed by atoms with Gasteiger partial charge < -0.3 is 5.32 Å². The molecule has 70 valence electrons. The highest BCUT2D eigenvalue weighted by Crippen LogP contribution is 2.39. The van der Waals surface area contributed by atoms with Gasteiger partial charge in [0, 0.05) is 6.04 Å². The van der Waals surface area contributed by atoms with Gasteiger partial charge in [-0.05, 0) is 44.1 Å². The molecule has 2 rings (SSSR count). The molecule has 0 spiro atoms. The lowest BCUT2D eigenvalue weighted by Crippen LogP contribution is -2.45. The highest BCUT2D eigenvalue weighted by Gasteiger charge is 2.34. The molecule has 0 aromatic rings. The number of hydrogen-bond acceptors (Lipinski definition) is 1. The van der Waals surface area contributed by atoms with Gasteiger partial charge in [0.1, 0.15) is 0 Å². The quantitative estimate of drug-likeness (QED) is 0.584. The fourth-order valence-corrected chi connectivity index (χ4v) is 3.12. The number of piperidine rings is 1. The smallest absolute Gasteiger partial charge is 0.00416 e. The number of hydrogen-bond donors (Lipinski definition) is 1. The summed E-state index contributed by atoms with van der Waals surface area (Å²) in [6, 6.07) is 0.770. The molecule has 1 saturated heterocycles. The molecule has 4 unspecified atom stereocenters. The predicted octanol–water partition coefficient (Wildman–Crippen LogP) is 2.42. The highest BCUT2D eigenvalue weighted by atomic mass is 14.9. The molecule has 0 aromatic carbocycles. The SMILES string of the molecule is CC1CC2C(C)CCCC2CN1. The minimum absolute atomic E-state index is 0.770. The zero-order chi connectivity index (χ0) is 8.55. The molecule has 1 nitrogen and oxygen atoms in total. The van der Waals surface area contributed by atoms with E-state index < -0.39 is 0 Å². The van der Waals surface area contributed by atoms with Gasteiger partial charge in [-0.25, -0.2) is 0 Å². The molecule has 1 aliphatic heterocycles. The second-order valence-corrected chi connectivity index (χ2v) is 4.88. The molecule has 0 amide bonds. The molecule has 4 atom stereocenters. The maximum atomic E-state index is 3.60. The average molecular weight is 167 g/mol. The van der Waals surface area contributed by atoms with Crippen LogP contribution in [0.2, 0.25) is 0 Å². The fraction of sp³-hybridized carbons (Fsp3) is 1.00. The predicted molar refractivity (Wildman–Crippen MR) is 52.1 cm³/mol. The van der Waals surface area contributed by atoms with Crippen LogP contribution in [0.1, 0.15) is 39.5 Å². The molecular weight excluding hydrogens is 146 g/mol. The number of rotatable bonds is 0. The first kappa shape index (κ1) is 8.55. The second-order valence-electron chi connectivity index (χ2n) is 4.88. The molecule has 0 aromatic heterocycles. The molecule has 12 heavy (non-hydrogen) atoms. The van der Waals surface area contributed by atoms with Crippen LogP contribution in [0.3, 0.4) is 0 Å². The van der Waals surface area contributed by atoms with Gasteiger partial charge in [0.05, 0.1) is 0 Å². The molecule has 1 saturated carbocycles. The van der Waals surface area contributed by atoms with Gasteiger partial charge in [-0.3, -0.25) is 0 Å². The minimum atomic E-state index is 0.770. The van der Waals surface area contributed by atoms with E-state index in [0.29, 0.717) is 0 Å². The zero-order valence-electron chi connectivity index (χ0n) is 8.34. The van der Waals surface area contributed by atoms with Crippen molar-refractivity contribution in [1.82, 2.24) is 5.32 Å². The largest absolute Gasteiger partial charge is 0.314 e. The van der Waals surface area contributed by atoms with Crippen molar-refractivity contribution >= 4 is 0 Å². The van der Waals surface area contributed by atoms with Crippen molar-refractivity contribution in [2.24, 2.45) is 17.8 Å². The van der Waals surface area contributed by atoms with Gasteiger partial charge in [-0.15, -0.1) is 0 Å². The molecular formula is C11H21N. The van der Waals surface area contributed by atoms with Crippen molar-refractivity contribution in [1.29, 1.82) is 0 Å². The fourth-order valence-electron chi connectivity index (χ4n) is 3.12. The standard InChI is InChI=1S/C11H21N/c1-8-4-3-5-10-7-12-9(2)6-11(8)10/h8-12H,3-7H2,1-2H3. The Morgan fingerprint density at radius 2 is 2.00 bits per heavy atom. The van der Waals surface area contributed by atoms with Crippen molar-refractivity contribution in [2.75, 3.05) is 6.54 Å². The Morgan fingerprint density at radius 1 is 1.17 bits per heavy atom. The summed E-state index contributed by atoms with van der Waals surface area (Å²) in [4.78, 5) is 0. The lowest BCUT2D eigenvalue weighted by atomic mass is 9.68. The third-order valence-electron chi connectivity index (χ3n) is 3.93. The van der Waals surface area contributed by atoms with E-state index >= 15 is 0 Å². The first-order valence-electron chi connectivity index (χ1n) is 5.50. The summed E-state index contributed by atoms with van der Waals surface area (Å²) in [6.07, 6.45) is 5.85. The Hall–Kier alpha value is -0.0400. The van der Waals surface area contributed by atoms with Gasteiger partial charge in [-0.2, -0.15) is 0 Å². The Morgan fingerprint density at radius 3 is 2.83 bits per heavy atom. The normalized spacial score (nSPS) is 48.5. The van der Waals surface area contributed by atoms with Crippen LogP contribution in [0.4, 0.5) is 0 Å². The Bertz CT molecular complexity index is 155. The lowest BCUT2D eigenvalue weighted by molar-refractivity contribution is 0.107. The van der Waals surface area contributed by atoms with E-state index in [0.717, 1.165) is 23.8 Å². The van der Waals surface area contributed by atoms with Crippen molar-refractivity contribution in [2.45, 2.75) is 45.6 Å². The molecule has 1 heteroatoms. The summed E-state index contributed by atoms with van der Waals surface area (Å²) in [5.74, 6) is 3.04. The van der Waals surface area contributed by atoms with Crippen molar-refractivity contribution in [3.63, 3.8) is 0 Å². The Balaban J connectivity index is 2.00. The van der Waals surface area contributed by atoms with Gasteiger partial charge >= 0.3 is 0 Å². The van der Waals surface area contributed by atoms with Gasteiger partial charge in [0.15, 0.2) is 0 Å². The van der Waals surface area contributed by atoms with Crippen LogP contribution in [-0.4, -0.2) is 12.6 Å². The van der Waals surface area contributed by atoms with E-state index in [2.05, 4.69) is 19.2 Å². The number of nitrogens with one attached hydrogen (secondary N) is 1. The van der Waals surface area contributed by atoms with Crippen molar-refractivity contribution in [3.05, 3.63) is 0 Å². The summed E-state index contributed by atoms with van der Waals surface area (Å²) in [7, 11) is 0. The van der Waals surface area contributed by atoms with E-state index in [1.807, 2.05) is 0 Å². The molecule has 1 heterocycles.